The van der Waals surface area contributed by atoms with Gasteiger partial charge in [-0.2, -0.15) is 5.26 Å². The van der Waals surface area contributed by atoms with E-state index in [1.807, 2.05) is 17.1 Å². The van der Waals surface area contributed by atoms with Crippen molar-refractivity contribution in [3.63, 3.8) is 0 Å². The second-order valence-electron chi connectivity index (χ2n) is 7.08. The highest BCUT2D eigenvalue weighted by Crippen LogP contribution is 2.12. The molecule has 0 aliphatic heterocycles. The number of halogens is 1. The van der Waals surface area contributed by atoms with Crippen molar-refractivity contribution in [1.29, 1.82) is 5.26 Å². The van der Waals surface area contributed by atoms with E-state index in [1.54, 1.807) is 0 Å². The first-order valence-corrected chi connectivity index (χ1v) is 10.3. The summed E-state index contributed by atoms with van der Waals surface area (Å²) in [6, 6.07) is 2.17. The maximum absolute atomic E-state index is 8.66. The molecule has 0 radical (unpaired) electrons. The molecule has 144 valence electrons. The summed E-state index contributed by atoms with van der Waals surface area (Å²) in [6.07, 6.45) is 25.7. The molecule has 1 heterocycles. The second kappa shape index (κ2) is 17.8. The van der Waals surface area contributed by atoms with E-state index in [0.717, 1.165) is 6.54 Å². The van der Waals surface area contributed by atoms with Crippen LogP contribution in [0.1, 0.15) is 96.8 Å². The summed E-state index contributed by atoms with van der Waals surface area (Å²) in [5.74, 6) is 0. The molecule has 0 atom stereocenters. The van der Waals surface area contributed by atoms with Crippen LogP contribution in [0.5, 0.6) is 0 Å². The maximum Gasteiger partial charge on any atom is 0.244 e. The third-order valence-electron chi connectivity index (χ3n) is 4.77. The predicted octanol–water partition coefficient (Wildman–Crippen LogP) is 2.78. The van der Waals surface area contributed by atoms with Gasteiger partial charge in [0.2, 0.25) is 6.33 Å². The highest BCUT2D eigenvalue weighted by molar-refractivity contribution is 4.75. The fourth-order valence-corrected chi connectivity index (χ4v) is 3.24. The molecule has 0 aliphatic rings. The molecule has 0 N–H and O–H groups in total. The maximum atomic E-state index is 8.66. The van der Waals surface area contributed by atoms with Crippen molar-refractivity contribution in [2.75, 3.05) is 0 Å². The van der Waals surface area contributed by atoms with Gasteiger partial charge >= 0.3 is 0 Å². The van der Waals surface area contributed by atoms with Gasteiger partial charge in [-0.05, 0) is 12.8 Å². The minimum atomic E-state index is 0. The largest absolute Gasteiger partial charge is 1.00 e. The number of aromatic nitrogens is 2. The molecule has 25 heavy (non-hydrogen) atoms. The van der Waals surface area contributed by atoms with Gasteiger partial charge in [0.25, 0.3) is 0 Å². The molecule has 0 aliphatic carbocycles. The summed E-state index contributed by atoms with van der Waals surface area (Å²) in [7, 11) is 0. The lowest BCUT2D eigenvalue weighted by Gasteiger charge is -2.03. The number of hydrogen-bond acceptors (Lipinski definition) is 1. The molecule has 0 bridgehead atoms. The molecule has 0 amide bonds. The average molecular weight is 368 g/mol. The summed E-state index contributed by atoms with van der Waals surface area (Å²) < 4.78 is 4.13. The van der Waals surface area contributed by atoms with E-state index < -0.39 is 0 Å². The van der Waals surface area contributed by atoms with Crippen LogP contribution in [0.4, 0.5) is 0 Å². The molecule has 0 unspecified atom stereocenters. The zero-order chi connectivity index (χ0) is 17.3. The van der Waals surface area contributed by atoms with Gasteiger partial charge in [0.05, 0.1) is 6.54 Å². The predicted molar refractivity (Wildman–Crippen MR) is 101 cm³/mol. The lowest BCUT2D eigenvalue weighted by atomic mass is 10.0. The van der Waals surface area contributed by atoms with Crippen LogP contribution in [0.15, 0.2) is 18.7 Å². The van der Waals surface area contributed by atoms with Gasteiger partial charge in [0.1, 0.15) is 18.5 Å². The van der Waals surface area contributed by atoms with Crippen molar-refractivity contribution in [1.82, 2.24) is 4.57 Å². The van der Waals surface area contributed by atoms with Crippen LogP contribution >= 0.6 is 0 Å². The zero-order valence-corrected chi connectivity index (χ0v) is 17.0. The van der Waals surface area contributed by atoms with Crippen molar-refractivity contribution in [2.45, 2.75) is 110 Å². The van der Waals surface area contributed by atoms with Crippen LogP contribution < -0.4 is 17.0 Å². The number of nitriles is 1. The molecule has 0 fully saturated rings. The lowest BCUT2D eigenvalue weighted by Crippen LogP contribution is -3.00. The van der Waals surface area contributed by atoms with E-state index in [-0.39, 0.29) is 12.4 Å². The van der Waals surface area contributed by atoms with Crippen molar-refractivity contribution in [2.24, 2.45) is 0 Å². The number of rotatable bonds is 16. The third-order valence-corrected chi connectivity index (χ3v) is 4.77. The molecule has 0 saturated carbocycles. The molecule has 1 aromatic heterocycles. The molecule has 4 heteroatoms. The summed E-state index contributed by atoms with van der Waals surface area (Å²) in [6.45, 7) is 3.81. The Balaban J connectivity index is 0.00000576. The highest BCUT2D eigenvalue weighted by Gasteiger charge is 2.02. The first-order valence-electron chi connectivity index (χ1n) is 10.3. The van der Waals surface area contributed by atoms with Gasteiger partial charge in [0, 0.05) is 0 Å². The first kappa shape index (κ1) is 24.0. The summed E-state index contributed by atoms with van der Waals surface area (Å²) >= 11 is 0. The standard InChI is InChI=1S/C21H38N3.ClH/c1-2-3-4-5-6-7-8-9-10-11-12-13-14-15-17-23-19-20-24(21-23)18-16-22;/h19-21H,2-15,17-18H2,1H3;1H/q+1;/p-1. The molecule has 1 rings (SSSR count). The van der Waals surface area contributed by atoms with E-state index in [1.165, 1.54) is 89.9 Å². The number of nitrogens with zero attached hydrogens (tertiary/aromatic N) is 3. The Morgan fingerprint density at radius 3 is 1.76 bits per heavy atom. The summed E-state index contributed by atoms with van der Waals surface area (Å²) in [4.78, 5) is 0. The van der Waals surface area contributed by atoms with E-state index in [2.05, 4.69) is 23.8 Å². The first-order chi connectivity index (χ1) is 11.9. The fraction of sp³-hybridized carbons (Fsp3) is 0.810. The van der Waals surface area contributed by atoms with E-state index in [0.29, 0.717) is 6.54 Å². The van der Waals surface area contributed by atoms with Gasteiger partial charge in [0.15, 0.2) is 6.54 Å². The highest BCUT2D eigenvalue weighted by atomic mass is 35.5. The summed E-state index contributed by atoms with van der Waals surface area (Å²) in [5, 5.41) is 8.66. The van der Waals surface area contributed by atoms with Crippen LogP contribution in [-0.2, 0) is 13.1 Å². The van der Waals surface area contributed by atoms with E-state index in [4.69, 9.17) is 5.26 Å². The Kier molecular flexibility index (Phi) is 17.1. The second-order valence-corrected chi connectivity index (χ2v) is 7.08. The number of imidazole rings is 1. The van der Waals surface area contributed by atoms with Crippen LogP contribution in [0.3, 0.4) is 0 Å². The van der Waals surface area contributed by atoms with Gasteiger partial charge in [-0.25, -0.2) is 9.13 Å². The molecule has 0 saturated heterocycles. The topological polar surface area (TPSA) is 32.6 Å². The zero-order valence-electron chi connectivity index (χ0n) is 16.3. The summed E-state index contributed by atoms with van der Waals surface area (Å²) in [5.41, 5.74) is 0. The van der Waals surface area contributed by atoms with Gasteiger partial charge < -0.3 is 12.4 Å². The van der Waals surface area contributed by atoms with Crippen LogP contribution in [0, 0.1) is 11.3 Å². The van der Waals surface area contributed by atoms with Crippen molar-refractivity contribution >= 4 is 0 Å². The molecular formula is C21H38ClN3. The van der Waals surface area contributed by atoms with Gasteiger partial charge in [-0.3, -0.25) is 0 Å². The normalized spacial score (nSPS) is 10.4. The number of aryl methyl sites for hydroxylation is 1. The average Bonchev–Trinajstić information content (AvgIpc) is 3.03. The SMILES string of the molecule is CCCCCCCCCCCCCCCC[n+]1ccn(CC#N)c1.[Cl-]. The van der Waals surface area contributed by atoms with Crippen LogP contribution in [-0.4, -0.2) is 4.57 Å². The molecular weight excluding hydrogens is 330 g/mol. The number of unbranched alkanes of at least 4 members (excludes halogenated alkanes) is 13. The Morgan fingerprint density at radius 2 is 1.28 bits per heavy atom. The fourth-order valence-electron chi connectivity index (χ4n) is 3.24. The van der Waals surface area contributed by atoms with Gasteiger partial charge in [-0.15, -0.1) is 0 Å². The third kappa shape index (κ3) is 13.9. The van der Waals surface area contributed by atoms with Crippen LogP contribution in [0.2, 0.25) is 0 Å². The smallest absolute Gasteiger partial charge is 0.244 e. The van der Waals surface area contributed by atoms with Crippen LogP contribution in [0.25, 0.3) is 0 Å². The molecule has 0 aromatic carbocycles. The Bertz CT molecular complexity index is 437. The number of hydrogen-bond donors (Lipinski definition) is 0. The lowest BCUT2D eigenvalue weighted by molar-refractivity contribution is -0.696. The van der Waals surface area contributed by atoms with E-state index >= 15 is 0 Å². The Morgan fingerprint density at radius 1 is 0.800 bits per heavy atom. The van der Waals surface area contributed by atoms with Crippen molar-refractivity contribution in [3.05, 3.63) is 18.7 Å². The minimum absolute atomic E-state index is 0. The molecule has 0 spiro atoms. The minimum Gasteiger partial charge on any atom is -1.00 e. The van der Waals surface area contributed by atoms with Gasteiger partial charge in [-0.1, -0.05) is 84.0 Å². The monoisotopic (exact) mass is 367 g/mol. The van der Waals surface area contributed by atoms with Crippen molar-refractivity contribution < 1.29 is 17.0 Å². The van der Waals surface area contributed by atoms with E-state index in [9.17, 15) is 0 Å². The quantitative estimate of drug-likeness (QED) is 0.326. The molecule has 1 aromatic rings. The Hall–Kier alpha value is -1.01. The molecule has 3 nitrogen and oxygen atoms in total. The Labute approximate surface area is 161 Å². The van der Waals surface area contributed by atoms with Crippen molar-refractivity contribution in [3.8, 4) is 6.07 Å².